The zero-order valence-corrected chi connectivity index (χ0v) is 17.8. The molecule has 1 amide bonds. The minimum atomic E-state index is -3.56. The van der Waals surface area contributed by atoms with Crippen molar-refractivity contribution in [1.82, 2.24) is 4.90 Å². The van der Waals surface area contributed by atoms with Crippen molar-refractivity contribution in [2.24, 2.45) is 11.6 Å². The number of primary amides is 1. The molecule has 2 aliphatic rings. The third kappa shape index (κ3) is 4.50. The van der Waals surface area contributed by atoms with E-state index in [4.69, 9.17) is 18.1 Å². The first-order valence-corrected chi connectivity index (χ1v) is 11.9. The first-order chi connectivity index (χ1) is 17.7. The summed E-state index contributed by atoms with van der Waals surface area (Å²) in [6, 6.07) is 12.0. The molecule has 2 aromatic rings. The molecule has 160 valence electrons. The summed E-state index contributed by atoms with van der Waals surface area (Å²) in [7, 11) is -3.53. The first kappa shape index (κ1) is 12.7. The van der Waals surface area contributed by atoms with Gasteiger partial charge in [0.2, 0.25) is 5.91 Å². The van der Waals surface area contributed by atoms with Gasteiger partial charge in [0.25, 0.3) is 0 Å². The van der Waals surface area contributed by atoms with E-state index in [-0.39, 0.29) is 17.9 Å². The van der Waals surface area contributed by atoms with Crippen LogP contribution in [0.2, 0.25) is 0 Å². The average Bonchev–Trinajstić information content (AvgIpc) is 2.82. The van der Waals surface area contributed by atoms with E-state index in [0.717, 1.165) is 21.7 Å². The maximum atomic E-state index is 12.2. The second-order valence-electron chi connectivity index (χ2n) is 6.84. The van der Waals surface area contributed by atoms with Gasteiger partial charge in [0, 0.05) is 40.8 Å². The normalized spacial score (nSPS) is 29.6. The van der Waals surface area contributed by atoms with Crippen LogP contribution in [0.5, 0.6) is 0 Å². The Kier molecular flexibility index (Phi) is 3.65. The van der Waals surface area contributed by atoms with Crippen molar-refractivity contribution in [3.63, 3.8) is 0 Å². The molecule has 0 spiro atoms. The standard InChI is InChI=1S/C22H27N3O3S2/c1-30(27,28)17-7-8-21-19(15-17)25(18-5-2-3-6-20(18)29-21)12-4-11-24-13-9-16(10-14-24)22(23)26/h2-3,5-8,15-16H,4,9-14H2,1H3,(H2,23,26)/i9D2,10D2,13D2,14D2,16D. The number of amides is 1. The summed E-state index contributed by atoms with van der Waals surface area (Å²) in [5.74, 6) is -5.38. The Labute approximate surface area is 195 Å². The number of fused-ring (bicyclic) bond motifs is 2. The second-order valence-corrected chi connectivity index (χ2v) is 9.94. The van der Waals surface area contributed by atoms with Gasteiger partial charge in [0.1, 0.15) is 0 Å². The topological polar surface area (TPSA) is 83.7 Å². The van der Waals surface area contributed by atoms with Gasteiger partial charge >= 0.3 is 0 Å². The predicted molar refractivity (Wildman–Crippen MR) is 120 cm³/mol. The molecule has 0 aromatic heterocycles. The van der Waals surface area contributed by atoms with E-state index in [1.807, 2.05) is 18.2 Å². The van der Waals surface area contributed by atoms with E-state index >= 15 is 0 Å². The molecule has 0 aliphatic carbocycles. The monoisotopic (exact) mass is 454 g/mol. The Morgan fingerprint density at radius 3 is 2.57 bits per heavy atom. The SMILES string of the molecule is [2H]C1([2H])N(CCCN2c3ccccc3Sc3ccc(S(C)(=O)=O)cc32)C([2H])([2H])C([2H])([2H])C([2H])(C(N)=O)C1([2H])[2H]. The van der Waals surface area contributed by atoms with Gasteiger partial charge in [0.15, 0.2) is 9.84 Å². The van der Waals surface area contributed by atoms with Gasteiger partial charge < -0.3 is 15.5 Å². The van der Waals surface area contributed by atoms with Gasteiger partial charge in [0.05, 0.1) is 16.3 Å². The van der Waals surface area contributed by atoms with Gasteiger partial charge in [-0.1, -0.05) is 23.9 Å². The van der Waals surface area contributed by atoms with Gasteiger partial charge in [-0.25, -0.2) is 8.42 Å². The molecule has 0 atom stereocenters. The molecule has 6 nitrogen and oxygen atoms in total. The highest BCUT2D eigenvalue weighted by atomic mass is 32.2. The first-order valence-electron chi connectivity index (χ1n) is 13.7. The number of rotatable bonds is 6. The molecule has 2 N–H and O–H groups in total. The van der Waals surface area contributed by atoms with E-state index < -0.39 is 53.9 Å². The van der Waals surface area contributed by atoms with E-state index in [1.54, 1.807) is 17.0 Å². The molecule has 0 bridgehead atoms. The molecule has 4 rings (SSSR count). The fourth-order valence-electron chi connectivity index (χ4n) is 3.21. The van der Waals surface area contributed by atoms with Gasteiger partial charge in [-0.15, -0.1) is 0 Å². The molecule has 0 unspecified atom stereocenters. The second kappa shape index (κ2) is 8.61. The van der Waals surface area contributed by atoms with E-state index in [2.05, 4.69) is 0 Å². The average molecular weight is 455 g/mol. The van der Waals surface area contributed by atoms with Crippen LogP contribution in [0.15, 0.2) is 57.2 Å². The Bertz CT molecular complexity index is 1410. The highest BCUT2D eigenvalue weighted by Gasteiger charge is 2.26. The number of nitrogens with zero attached hydrogens (tertiary/aromatic N) is 2. The Balaban J connectivity index is 1.70. The summed E-state index contributed by atoms with van der Waals surface area (Å²) in [5.41, 5.74) is 6.46. The molecule has 2 aromatic carbocycles. The molecular weight excluding hydrogens is 418 g/mol. The number of para-hydroxylation sites is 1. The number of carbonyl (C=O) groups is 1. The van der Waals surface area contributed by atoms with E-state index in [0.29, 0.717) is 10.6 Å². The number of likely N-dealkylation sites (tertiary alicyclic amines) is 1. The van der Waals surface area contributed by atoms with Crippen LogP contribution in [-0.2, 0) is 14.6 Å². The van der Waals surface area contributed by atoms with Crippen molar-refractivity contribution >= 4 is 38.9 Å². The number of anilines is 2. The van der Waals surface area contributed by atoms with Crippen molar-refractivity contribution < 1.29 is 25.5 Å². The molecule has 8 heteroatoms. The summed E-state index contributed by atoms with van der Waals surface area (Å²) in [6.45, 7) is -6.99. The van der Waals surface area contributed by atoms with Gasteiger partial charge in [-0.2, -0.15) is 0 Å². The molecule has 2 heterocycles. The van der Waals surface area contributed by atoms with Crippen LogP contribution in [0.25, 0.3) is 0 Å². The molecule has 0 saturated carbocycles. The van der Waals surface area contributed by atoms with Crippen molar-refractivity contribution in [2.45, 2.75) is 33.9 Å². The van der Waals surface area contributed by atoms with Crippen molar-refractivity contribution in [3.8, 4) is 0 Å². The zero-order chi connectivity index (χ0) is 29.4. The lowest BCUT2D eigenvalue weighted by molar-refractivity contribution is -0.123. The van der Waals surface area contributed by atoms with Crippen LogP contribution in [0.1, 0.15) is 31.5 Å². The van der Waals surface area contributed by atoms with Crippen LogP contribution in [-0.4, -0.2) is 51.6 Å². The quantitative estimate of drug-likeness (QED) is 0.721. The number of piperidine rings is 1. The number of hydrogen-bond donors (Lipinski definition) is 1. The highest BCUT2D eigenvalue weighted by molar-refractivity contribution is 7.99. The lowest BCUT2D eigenvalue weighted by Crippen LogP contribution is -2.39. The van der Waals surface area contributed by atoms with Crippen LogP contribution in [0, 0.1) is 5.89 Å². The Morgan fingerprint density at radius 2 is 1.87 bits per heavy atom. The summed E-state index contributed by atoms with van der Waals surface area (Å²) < 4.78 is 99.5. The molecule has 30 heavy (non-hydrogen) atoms. The molecular formula is C22H27N3O3S2. The fraction of sp³-hybridized carbons (Fsp3) is 0.409. The molecule has 2 aliphatic heterocycles. The van der Waals surface area contributed by atoms with Gasteiger partial charge in [-0.3, -0.25) is 4.79 Å². The van der Waals surface area contributed by atoms with Crippen molar-refractivity contribution in [1.29, 1.82) is 0 Å². The summed E-state index contributed by atoms with van der Waals surface area (Å²) in [4.78, 5) is 16.0. The summed E-state index contributed by atoms with van der Waals surface area (Å²) in [5, 5.41) is 0. The van der Waals surface area contributed by atoms with Crippen molar-refractivity contribution in [2.75, 3.05) is 37.2 Å². The zero-order valence-electron chi connectivity index (χ0n) is 25.2. The number of sulfone groups is 1. The number of hydrogen-bond acceptors (Lipinski definition) is 6. The van der Waals surface area contributed by atoms with E-state index in [9.17, 15) is 13.2 Å². The third-order valence-corrected chi connectivity index (χ3v) is 6.91. The minimum absolute atomic E-state index is 0.0195. The smallest absolute Gasteiger partial charge is 0.220 e. The highest BCUT2D eigenvalue weighted by Crippen LogP contribution is 2.48. The van der Waals surface area contributed by atoms with Crippen LogP contribution < -0.4 is 10.6 Å². The Hall–Kier alpha value is -2.03. The van der Waals surface area contributed by atoms with Gasteiger partial charge in [-0.05, 0) is 69.0 Å². The lowest BCUT2D eigenvalue weighted by Gasteiger charge is -2.35. The van der Waals surface area contributed by atoms with Crippen LogP contribution in [0.3, 0.4) is 0 Å². The van der Waals surface area contributed by atoms with Crippen LogP contribution in [0.4, 0.5) is 11.4 Å². The number of carbonyl (C=O) groups excluding carboxylic acids is 1. The maximum absolute atomic E-state index is 12.2. The van der Waals surface area contributed by atoms with E-state index in [1.165, 1.54) is 23.9 Å². The molecule has 1 saturated heterocycles. The number of nitrogens with two attached hydrogens (primary N) is 1. The third-order valence-electron chi connectivity index (χ3n) is 4.67. The maximum Gasteiger partial charge on any atom is 0.220 e. The largest absolute Gasteiger partial charge is 0.369 e. The summed E-state index contributed by atoms with van der Waals surface area (Å²) >= 11 is 1.44. The lowest BCUT2D eigenvalue weighted by atomic mass is 9.96. The predicted octanol–water partition coefficient (Wildman–Crippen LogP) is 3.28. The van der Waals surface area contributed by atoms with Crippen LogP contribution >= 0.6 is 11.8 Å². The Morgan fingerprint density at radius 1 is 1.17 bits per heavy atom. The minimum Gasteiger partial charge on any atom is -0.369 e. The number of benzene rings is 2. The molecule has 0 radical (unpaired) electrons. The fourth-order valence-corrected chi connectivity index (χ4v) is 4.93. The van der Waals surface area contributed by atoms with Crippen molar-refractivity contribution in [3.05, 3.63) is 42.5 Å². The molecule has 1 fully saturated rings. The summed E-state index contributed by atoms with van der Waals surface area (Å²) in [6.07, 6.45) is -5.98.